The molecule has 1 aliphatic rings. The van der Waals surface area contributed by atoms with E-state index in [1.165, 1.54) is 4.31 Å². The summed E-state index contributed by atoms with van der Waals surface area (Å²) in [5, 5.41) is 6.92. The van der Waals surface area contributed by atoms with Crippen LogP contribution in [0.15, 0.2) is 39.8 Å². The summed E-state index contributed by atoms with van der Waals surface area (Å²) in [7, 11) is 0.272. The van der Waals surface area contributed by atoms with E-state index >= 15 is 0 Å². The van der Waals surface area contributed by atoms with Gasteiger partial charge in [0.1, 0.15) is 10.6 Å². The van der Waals surface area contributed by atoms with Crippen molar-refractivity contribution in [2.24, 2.45) is 5.92 Å². The predicted octanol–water partition coefficient (Wildman–Crippen LogP) is 2.11. The van der Waals surface area contributed by atoms with Crippen molar-refractivity contribution < 1.29 is 17.7 Å². The zero-order valence-corrected chi connectivity index (χ0v) is 18.8. The van der Waals surface area contributed by atoms with Crippen molar-refractivity contribution in [3.05, 3.63) is 47.3 Å². The number of hydrogen-bond acceptors (Lipinski definition) is 6. The number of aromatic nitrogens is 1. The zero-order chi connectivity index (χ0) is 21.9. The van der Waals surface area contributed by atoms with Crippen LogP contribution in [-0.4, -0.2) is 62.4 Å². The number of aryl methyl sites for hydroxylation is 2. The third kappa shape index (κ3) is 4.91. The molecule has 1 saturated heterocycles. The molecule has 0 radical (unpaired) electrons. The van der Waals surface area contributed by atoms with Crippen LogP contribution in [0.1, 0.15) is 35.9 Å². The first-order valence-electron chi connectivity index (χ1n) is 10.1. The quantitative estimate of drug-likeness (QED) is 0.717. The maximum atomic E-state index is 13.0. The largest absolute Gasteiger partial charge is 0.360 e. The monoisotopic (exact) mass is 434 g/mol. The summed E-state index contributed by atoms with van der Waals surface area (Å²) < 4.78 is 32.4. The van der Waals surface area contributed by atoms with Gasteiger partial charge in [-0.15, -0.1) is 0 Å². The molecule has 0 spiro atoms. The summed E-state index contributed by atoms with van der Waals surface area (Å²) >= 11 is 0. The molecule has 1 amide bonds. The Labute approximate surface area is 178 Å². The Kier molecular flexibility index (Phi) is 6.95. The smallest absolute Gasteiger partial charge is 0.248 e. The van der Waals surface area contributed by atoms with Crippen molar-refractivity contribution in [3.63, 3.8) is 0 Å². The van der Waals surface area contributed by atoms with Gasteiger partial charge in [0.15, 0.2) is 5.76 Å². The van der Waals surface area contributed by atoms with E-state index in [9.17, 15) is 13.2 Å². The first-order chi connectivity index (χ1) is 14.2. The fraction of sp³-hybridized carbons (Fsp3) is 0.524. The summed E-state index contributed by atoms with van der Waals surface area (Å²) in [5.41, 5.74) is 1.42. The Hall–Kier alpha value is -2.23. The third-order valence-electron chi connectivity index (χ3n) is 5.46. The van der Waals surface area contributed by atoms with Crippen LogP contribution in [0.2, 0.25) is 0 Å². The standard InChI is InChI=1S/C21H30N4O4S/c1-15-20(16(2)29-23-15)30(27,28)25-12-10-18(11-13-25)21(26)22-19(14-24(3)4)17-8-6-5-7-9-17/h5-9,18-19H,10-14H2,1-4H3,(H,22,26). The number of sulfonamides is 1. The van der Waals surface area contributed by atoms with Gasteiger partial charge in [-0.3, -0.25) is 4.79 Å². The average molecular weight is 435 g/mol. The van der Waals surface area contributed by atoms with Crippen LogP contribution >= 0.6 is 0 Å². The second-order valence-electron chi connectivity index (χ2n) is 8.07. The molecule has 1 aliphatic heterocycles. The maximum Gasteiger partial charge on any atom is 0.248 e. The van der Waals surface area contributed by atoms with Gasteiger partial charge >= 0.3 is 0 Å². The van der Waals surface area contributed by atoms with Crippen LogP contribution < -0.4 is 5.32 Å². The van der Waals surface area contributed by atoms with Crippen molar-refractivity contribution in [2.75, 3.05) is 33.7 Å². The SMILES string of the molecule is Cc1noc(C)c1S(=O)(=O)N1CCC(C(=O)NC(CN(C)C)c2ccccc2)CC1. The second-order valence-corrected chi connectivity index (χ2v) is 9.94. The lowest BCUT2D eigenvalue weighted by atomic mass is 9.96. The van der Waals surface area contributed by atoms with E-state index in [-0.39, 0.29) is 22.8 Å². The molecule has 2 heterocycles. The van der Waals surface area contributed by atoms with E-state index in [1.807, 2.05) is 49.3 Å². The highest BCUT2D eigenvalue weighted by molar-refractivity contribution is 7.89. The average Bonchev–Trinajstić information content (AvgIpc) is 3.06. The normalized spacial score (nSPS) is 17.2. The van der Waals surface area contributed by atoms with Crippen molar-refractivity contribution in [3.8, 4) is 0 Å². The van der Waals surface area contributed by atoms with E-state index in [0.29, 0.717) is 43.9 Å². The van der Waals surface area contributed by atoms with Crippen molar-refractivity contribution in [1.82, 2.24) is 19.7 Å². The van der Waals surface area contributed by atoms with Crippen LogP contribution in [0.4, 0.5) is 0 Å². The molecule has 1 fully saturated rings. The third-order valence-corrected chi connectivity index (χ3v) is 7.60. The molecular weight excluding hydrogens is 404 g/mol. The number of rotatable bonds is 7. The fourth-order valence-corrected chi connectivity index (χ4v) is 5.67. The molecule has 2 aromatic rings. The first kappa shape index (κ1) is 22.5. The molecule has 164 valence electrons. The summed E-state index contributed by atoms with van der Waals surface area (Å²) in [4.78, 5) is 15.1. The number of piperidine rings is 1. The lowest BCUT2D eigenvalue weighted by Crippen LogP contribution is -2.45. The van der Waals surface area contributed by atoms with Gasteiger partial charge < -0.3 is 14.7 Å². The van der Waals surface area contributed by atoms with Gasteiger partial charge in [-0.05, 0) is 46.3 Å². The van der Waals surface area contributed by atoms with Gasteiger partial charge in [-0.1, -0.05) is 35.5 Å². The van der Waals surface area contributed by atoms with Crippen LogP contribution in [0.3, 0.4) is 0 Å². The minimum absolute atomic E-state index is 0.0277. The fourth-order valence-electron chi connectivity index (χ4n) is 3.90. The van der Waals surface area contributed by atoms with Crippen LogP contribution in [0.5, 0.6) is 0 Å². The number of nitrogens with zero attached hydrogens (tertiary/aromatic N) is 3. The van der Waals surface area contributed by atoms with Gasteiger partial charge in [0.2, 0.25) is 15.9 Å². The lowest BCUT2D eigenvalue weighted by Gasteiger charge is -2.32. The minimum atomic E-state index is -3.67. The van der Waals surface area contributed by atoms with E-state index < -0.39 is 10.0 Å². The number of amides is 1. The highest BCUT2D eigenvalue weighted by Gasteiger charge is 2.35. The number of likely N-dealkylation sites (N-methyl/N-ethyl adjacent to an activating group) is 1. The summed E-state index contributed by atoms with van der Waals surface area (Å²) in [6, 6.07) is 9.77. The lowest BCUT2D eigenvalue weighted by molar-refractivity contribution is -0.127. The Balaban J connectivity index is 1.65. The van der Waals surface area contributed by atoms with Gasteiger partial charge in [0.25, 0.3) is 0 Å². The maximum absolute atomic E-state index is 13.0. The Bertz CT molecular complexity index is 945. The van der Waals surface area contributed by atoms with E-state index in [4.69, 9.17) is 4.52 Å². The Morgan fingerprint density at radius 3 is 2.40 bits per heavy atom. The first-order valence-corrected chi connectivity index (χ1v) is 11.6. The molecule has 0 aliphatic carbocycles. The van der Waals surface area contributed by atoms with E-state index in [2.05, 4.69) is 10.5 Å². The molecule has 1 aromatic heterocycles. The number of carbonyl (C=O) groups excluding carboxylic acids is 1. The van der Waals surface area contributed by atoms with Gasteiger partial charge in [-0.2, -0.15) is 4.31 Å². The van der Waals surface area contributed by atoms with Gasteiger partial charge in [0, 0.05) is 25.6 Å². The molecular formula is C21H30N4O4S. The van der Waals surface area contributed by atoms with Crippen LogP contribution in [-0.2, 0) is 14.8 Å². The van der Waals surface area contributed by atoms with Gasteiger partial charge in [0.05, 0.1) is 6.04 Å². The molecule has 9 heteroatoms. The number of nitrogens with one attached hydrogen (secondary N) is 1. The molecule has 1 aromatic carbocycles. The Morgan fingerprint density at radius 2 is 1.87 bits per heavy atom. The molecule has 3 rings (SSSR count). The predicted molar refractivity (Wildman–Crippen MR) is 113 cm³/mol. The molecule has 1 atom stereocenters. The van der Waals surface area contributed by atoms with Crippen molar-refractivity contribution in [2.45, 2.75) is 37.6 Å². The summed E-state index contributed by atoms with van der Waals surface area (Å²) in [5.74, 6) is 0.0522. The van der Waals surface area contributed by atoms with E-state index in [1.54, 1.807) is 13.8 Å². The highest BCUT2D eigenvalue weighted by Crippen LogP contribution is 2.28. The van der Waals surface area contributed by atoms with E-state index in [0.717, 1.165) is 5.56 Å². The van der Waals surface area contributed by atoms with Crippen molar-refractivity contribution in [1.29, 1.82) is 0 Å². The zero-order valence-electron chi connectivity index (χ0n) is 18.0. The van der Waals surface area contributed by atoms with Crippen LogP contribution in [0.25, 0.3) is 0 Å². The molecule has 0 saturated carbocycles. The molecule has 1 unspecified atom stereocenters. The summed E-state index contributed by atoms with van der Waals surface area (Å²) in [6.45, 7) is 4.51. The number of carbonyl (C=O) groups is 1. The van der Waals surface area contributed by atoms with Gasteiger partial charge in [-0.25, -0.2) is 8.42 Å². The van der Waals surface area contributed by atoms with Crippen molar-refractivity contribution >= 4 is 15.9 Å². The Morgan fingerprint density at radius 1 is 1.23 bits per heavy atom. The topological polar surface area (TPSA) is 95.8 Å². The number of benzene rings is 1. The molecule has 1 N–H and O–H groups in total. The number of hydrogen-bond donors (Lipinski definition) is 1. The summed E-state index contributed by atoms with van der Waals surface area (Å²) in [6.07, 6.45) is 0.968. The minimum Gasteiger partial charge on any atom is -0.360 e. The highest BCUT2D eigenvalue weighted by atomic mass is 32.2. The molecule has 30 heavy (non-hydrogen) atoms. The molecule has 0 bridgehead atoms. The van der Waals surface area contributed by atoms with Crippen LogP contribution in [0, 0.1) is 19.8 Å². The second kappa shape index (κ2) is 9.28. The molecule has 8 nitrogen and oxygen atoms in total.